The van der Waals surface area contributed by atoms with E-state index in [0.717, 1.165) is 11.6 Å². The van der Waals surface area contributed by atoms with Crippen LogP contribution >= 0.6 is 23.1 Å². The summed E-state index contributed by atoms with van der Waals surface area (Å²) in [5.41, 5.74) is 1.96. The van der Waals surface area contributed by atoms with E-state index in [-0.39, 0.29) is 5.91 Å². The number of hydrogen-bond donors (Lipinski definition) is 1. The summed E-state index contributed by atoms with van der Waals surface area (Å²) < 4.78 is 26.9. The average molecular weight is 377 g/mol. The molecule has 0 bridgehead atoms. The van der Waals surface area contributed by atoms with E-state index in [9.17, 15) is 13.6 Å². The van der Waals surface area contributed by atoms with E-state index in [4.69, 9.17) is 0 Å². The Morgan fingerprint density at radius 2 is 1.88 bits per heavy atom. The number of benzene rings is 2. The molecule has 0 atom stereocenters. The number of carbonyl (C=O) groups excluding carboxylic acids is 1. The normalized spacial score (nSPS) is 10.7. The molecule has 1 heterocycles. The fraction of sp³-hybridized carbons (Fsp3) is 0.118. The van der Waals surface area contributed by atoms with Crippen LogP contribution in [0.15, 0.2) is 46.8 Å². The molecule has 0 aliphatic heterocycles. The van der Waals surface area contributed by atoms with Crippen molar-refractivity contribution in [1.29, 1.82) is 0 Å². The maximum atomic E-state index is 13.2. The second-order valence-electron chi connectivity index (χ2n) is 5.21. The molecule has 0 aliphatic rings. The van der Waals surface area contributed by atoms with E-state index in [1.807, 2.05) is 19.1 Å². The van der Waals surface area contributed by atoms with Crippen LogP contribution in [0.5, 0.6) is 0 Å². The number of halogens is 2. The highest BCUT2D eigenvalue weighted by atomic mass is 32.2. The van der Waals surface area contributed by atoms with E-state index in [2.05, 4.69) is 15.5 Å². The van der Waals surface area contributed by atoms with Crippen LogP contribution in [0.1, 0.15) is 21.5 Å². The largest absolute Gasteiger partial charge is 0.296 e. The molecule has 25 heavy (non-hydrogen) atoms. The summed E-state index contributed by atoms with van der Waals surface area (Å²) in [7, 11) is 0. The highest BCUT2D eigenvalue weighted by Gasteiger charge is 2.12. The van der Waals surface area contributed by atoms with Crippen molar-refractivity contribution >= 4 is 34.1 Å². The fourth-order valence-electron chi connectivity index (χ4n) is 2.15. The molecule has 1 aromatic heterocycles. The molecular weight excluding hydrogens is 364 g/mol. The molecule has 1 N–H and O–H groups in total. The minimum absolute atomic E-state index is 0.252. The first kappa shape index (κ1) is 17.5. The first-order valence-corrected chi connectivity index (χ1v) is 9.10. The molecule has 3 aromatic rings. The van der Waals surface area contributed by atoms with Gasteiger partial charge in [-0.2, -0.15) is 0 Å². The number of rotatable bonds is 5. The predicted octanol–water partition coefficient (Wildman–Crippen LogP) is 4.67. The summed E-state index contributed by atoms with van der Waals surface area (Å²) >= 11 is 2.51. The molecular formula is C17H13F2N3OS2. The van der Waals surface area contributed by atoms with Crippen molar-refractivity contribution in [3.05, 3.63) is 70.8 Å². The van der Waals surface area contributed by atoms with Crippen LogP contribution in [0.25, 0.3) is 0 Å². The lowest BCUT2D eigenvalue weighted by atomic mass is 10.1. The van der Waals surface area contributed by atoms with Gasteiger partial charge in [-0.25, -0.2) is 8.78 Å². The van der Waals surface area contributed by atoms with Gasteiger partial charge < -0.3 is 0 Å². The number of anilines is 1. The van der Waals surface area contributed by atoms with Crippen molar-refractivity contribution in [3.8, 4) is 0 Å². The number of thioether (sulfide) groups is 1. The summed E-state index contributed by atoms with van der Waals surface area (Å²) in [6, 6.07) is 10.6. The molecule has 4 nitrogen and oxygen atoms in total. The lowest BCUT2D eigenvalue weighted by Gasteiger charge is -2.03. The van der Waals surface area contributed by atoms with Crippen LogP contribution in [-0.4, -0.2) is 16.1 Å². The highest BCUT2D eigenvalue weighted by molar-refractivity contribution is 8.00. The fourth-order valence-corrected chi connectivity index (χ4v) is 3.83. The molecule has 0 radical (unpaired) electrons. The van der Waals surface area contributed by atoms with Gasteiger partial charge in [-0.1, -0.05) is 41.3 Å². The highest BCUT2D eigenvalue weighted by Crippen LogP contribution is 2.29. The number of hydrogen-bond acceptors (Lipinski definition) is 5. The minimum Gasteiger partial charge on any atom is -0.296 e. The van der Waals surface area contributed by atoms with Crippen molar-refractivity contribution in [2.45, 2.75) is 17.0 Å². The van der Waals surface area contributed by atoms with Gasteiger partial charge in [0.1, 0.15) is 11.6 Å². The van der Waals surface area contributed by atoms with E-state index >= 15 is 0 Å². The number of carbonyl (C=O) groups is 1. The quantitative estimate of drug-likeness (QED) is 0.519. The van der Waals surface area contributed by atoms with Gasteiger partial charge in [0.25, 0.3) is 5.91 Å². The Labute approximate surface area is 151 Å². The van der Waals surface area contributed by atoms with Gasteiger partial charge in [-0.15, -0.1) is 10.2 Å². The zero-order valence-electron chi connectivity index (χ0n) is 13.1. The van der Waals surface area contributed by atoms with Crippen LogP contribution in [0.3, 0.4) is 0 Å². The number of amides is 1. The van der Waals surface area contributed by atoms with Gasteiger partial charge in [0, 0.05) is 17.4 Å². The number of nitrogens with one attached hydrogen (secondary N) is 1. The van der Waals surface area contributed by atoms with Gasteiger partial charge in [0.15, 0.2) is 4.34 Å². The van der Waals surface area contributed by atoms with Crippen molar-refractivity contribution < 1.29 is 13.6 Å². The number of nitrogens with zero attached hydrogens (tertiary/aromatic N) is 2. The molecule has 128 valence electrons. The molecule has 8 heteroatoms. The van der Waals surface area contributed by atoms with Gasteiger partial charge in [-0.05, 0) is 36.2 Å². The van der Waals surface area contributed by atoms with Gasteiger partial charge >= 0.3 is 0 Å². The van der Waals surface area contributed by atoms with Crippen LogP contribution in [0, 0.1) is 18.6 Å². The zero-order valence-corrected chi connectivity index (χ0v) is 14.8. The monoisotopic (exact) mass is 377 g/mol. The smallest absolute Gasteiger partial charge is 0.257 e. The van der Waals surface area contributed by atoms with Crippen molar-refractivity contribution in [1.82, 2.24) is 10.2 Å². The standard InChI is InChI=1S/C17H13F2N3OS2/c1-10-4-2-3-5-14(10)15(23)20-16-21-22-17(25-16)24-9-11-6-12(18)8-13(19)7-11/h2-8H,9H2,1H3,(H,20,21,23). The molecule has 0 unspecified atom stereocenters. The lowest BCUT2D eigenvalue weighted by Crippen LogP contribution is -2.12. The number of aryl methyl sites for hydroxylation is 1. The maximum absolute atomic E-state index is 13.2. The SMILES string of the molecule is Cc1ccccc1C(=O)Nc1nnc(SCc2cc(F)cc(F)c2)s1. The van der Waals surface area contributed by atoms with Crippen LogP contribution in [-0.2, 0) is 5.75 Å². The van der Waals surface area contributed by atoms with E-state index < -0.39 is 11.6 Å². The molecule has 0 spiro atoms. The second kappa shape index (κ2) is 7.71. The lowest BCUT2D eigenvalue weighted by molar-refractivity contribution is 0.102. The molecule has 2 aromatic carbocycles. The molecule has 0 saturated carbocycles. The van der Waals surface area contributed by atoms with E-state index in [0.29, 0.717) is 26.4 Å². The Morgan fingerprint density at radius 1 is 1.16 bits per heavy atom. The summed E-state index contributed by atoms with van der Waals surface area (Å²) in [5, 5.41) is 11.0. The maximum Gasteiger partial charge on any atom is 0.257 e. The Balaban J connectivity index is 1.62. The predicted molar refractivity (Wildman–Crippen MR) is 95.0 cm³/mol. The van der Waals surface area contributed by atoms with Crippen LogP contribution in [0.2, 0.25) is 0 Å². The van der Waals surface area contributed by atoms with Crippen molar-refractivity contribution in [2.24, 2.45) is 0 Å². The average Bonchev–Trinajstić information content (AvgIpc) is 3.00. The zero-order chi connectivity index (χ0) is 17.8. The first-order chi connectivity index (χ1) is 12.0. The molecule has 3 rings (SSSR count). The van der Waals surface area contributed by atoms with Gasteiger partial charge in [0.05, 0.1) is 0 Å². The minimum atomic E-state index is -0.612. The van der Waals surface area contributed by atoms with Crippen molar-refractivity contribution in [3.63, 3.8) is 0 Å². The topological polar surface area (TPSA) is 54.9 Å². The molecule has 0 saturated heterocycles. The first-order valence-electron chi connectivity index (χ1n) is 7.29. The third-order valence-corrected chi connectivity index (χ3v) is 5.34. The number of aromatic nitrogens is 2. The summed E-state index contributed by atoms with van der Waals surface area (Å²) in [4.78, 5) is 12.2. The van der Waals surface area contributed by atoms with E-state index in [1.54, 1.807) is 12.1 Å². The Morgan fingerprint density at radius 3 is 2.60 bits per heavy atom. The molecule has 0 fully saturated rings. The Bertz CT molecular complexity index is 894. The molecule has 1 amide bonds. The summed E-state index contributed by atoms with van der Waals surface area (Å²) in [5.74, 6) is -1.12. The van der Waals surface area contributed by atoms with Gasteiger partial charge in [0.2, 0.25) is 5.13 Å². The third-order valence-electron chi connectivity index (χ3n) is 3.30. The van der Waals surface area contributed by atoms with Crippen LogP contribution < -0.4 is 5.32 Å². The van der Waals surface area contributed by atoms with Crippen LogP contribution in [0.4, 0.5) is 13.9 Å². The van der Waals surface area contributed by atoms with Gasteiger partial charge in [-0.3, -0.25) is 10.1 Å². The molecule has 0 aliphatic carbocycles. The van der Waals surface area contributed by atoms with Crippen molar-refractivity contribution in [2.75, 3.05) is 5.32 Å². The van der Waals surface area contributed by atoms with E-state index in [1.165, 1.54) is 35.2 Å². The Hall–Kier alpha value is -2.32. The summed E-state index contributed by atoms with van der Waals surface area (Å²) in [6.07, 6.45) is 0. The Kier molecular flexibility index (Phi) is 5.40. The summed E-state index contributed by atoms with van der Waals surface area (Å²) in [6.45, 7) is 1.86. The second-order valence-corrected chi connectivity index (χ2v) is 7.41. The third kappa shape index (κ3) is 4.61.